The fourth-order valence-corrected chi connectivity index (χ4v) is 2.82. The smallest absolute Gasteiger partial charge is 0.225 e. The summed E-state index contributed by atoms with van der Waals surface area (Å²) in [6.45, 7) is 7.03. The second-order valence-corrected chi connectivity index (χ2v) is 6.00. The molecule has 1 saturated heterocycles. The zero-order valence-electron chi connectivity index (χ0n) is 12.2. The number of hydrogen-bond acceptors (Lipinski definition) is 2. The van der Waals surface area contributed by atoms with Gasteiger partial charge in [-0.15, -0.1) is 0 Å². The summed E-state index contributed by atoms with van der Waals surface area (Å²) in [6.07, 6.45) is 7.85. The molecule has 1 amide bonds. The number of nitrogens with two attached hydrogens (primary N) is 1. The molecule has 106 valence electrons. The van der Waals surface area contributed by atoms with Gasteiger partial charge in [-0.25, -0.2) is 0 Å². The fraction of sp³-hybridized carbons (Fsp3) is 0.933. The molecule has 1 aliphatic rings. The van der Waals surface area contributed by atoms with Gasteiger partial charge in [-0.3, -0.25) is 4.79 Å². The van der Waals surface area contributed by atoms with E-state index in [2.05, 4.69) is 18.7 Å². The molecule has 0 aromatic heterocycles. The van der Waals surface area contributed by atoms with Crippen LogP contribution in [0.15, 0.2) is 0 Å². The molecule has 1 atom stereocenters. The molecule has 0 spiro atoms. The Bertz CT molecular complexity index is 233. The number of carbonyl (C=O) groups excluding carboxylic acids is 1. The summed E-state index contributed by atoms with van der Waals surface area (Å²) in [4.78, 5) is 14.7. The topological polar surface area (TPSA) is 46.3 Å². The van der Waals surface area contributed by atoms with Gasteiger partial charge < -0.3 is 10.6 Å². The average Bonchev–Trinajstić information content (AvgIpc) is 2.61. The van der Waals surface area contributed by atoms with E-state index in [0.29, 0.717) is 18.4 Å². The molecule has 0 saturated carbocycles. The lowest BCUT2D eigenvalue weighted by Gasteiger charge is -2.27. The van der Waals surface area contributed by atoms with Gasteiger partial charge in [-0.05, 0) is 44.6 Å². The summed E-state index contributed by atoms with van der Waals surface area (Å²) in [7, 11) is 0. The average molecular weight is 254 g/mol. The molecule has 3 nitrogen and oxygen atoms in total. The van der Waals surface area contributed by atoms with Crippen LogP contribution in [0.1, 0.15) is 58.8 Å². The van der Waals surface area contributed by atoms with E-state index in [1.54, 1.807) is 0 Å². The normalized spacial score (nSPS) is 18.8. The van der Waals surface area contributed by atoms with Gasteiger partial charge in [0.2, 0.25) is 5.91 Å². The van der Waals surface area contributed by atoms with Crippen LogP contribution in [0.4, 0.5) is 0 Å². The first-order valence-corrected chi connectivity index (χ1v) is 7.64. The lowest BCUT2D eigenvalue weighted by atomic mass is 9.91. The molecular weight excluding hydrogens is 224 g/mol. The van der Waals surface area contributed by atoms with Crippen molar-refractivity contribution in [2.45, 2.75) is 58.8 Å². The van der Waals surface area contributed by atoms with E-state index in [1.165, 1.54) is 25.7 Å². The van der Waals surface area contributed by atoms with Gasteiger partial charge in [-0.1, -0.05) is 26.7 Å². The third-order valence-electron chi connectivity index (χ3n) is 3.78. The molecule has 1 fully saturated rings. The van der Waals surface area contributed by atoms with E-state index in [4.69, 9.17) is 5.73 Å². The first-order valence-electron chi connectivity index (χ1n) is 7.64. The summed E-state index contributed by atoms with van der Waals surface area (Å²) in [5.41, 5.74) is 5.59. The van der Waals surface area contributed by atoms with Crippen molar-refractivity contribution < 1.29 is 4.79 Å². The maximum Gasteiger partial charge on any atom is 0.225 e. The Labute approximate surface area is 112 Å². The maximum atomic E-state index is 12.6. The Hall–Kier alpha value is -0.570. The van der Waals surface area contributed by atoms with E-state index >= 15 is 0 Å². The SMILES string of the molecule is CC(C)CC(CCCN)C(=O)N1CCCCCC1. The van der Waals surface area contributed by atoms with E-state index in [0.717, 1.165) is 32.4 Å². The highest BCUT2D eigenvalue weighted by Gasteiger charge is 2.25. The quantitative estimate of drug-likeness (QED) is 0.792. The number of carbonyl (C=O) groups is 1. The second kappa shape index (κ2) is 8.52. The van der Waals surface area contributed by atoms with E-state index in [1.807, 2.05) is 0 Å². The number of hydrogen-bond donors (Lipinski definition) is 1. The maximum absolute atomic E-state index is 12.6. The first-order chi connectivity index (χ1) is 8.65. The Morgan fingerprint density at radius 3 is 2.28 bits per heavy atom. The summed E-state index contributed by atoms with van der Waals surface area (Å²) < 4.78 is 0. The van der Waals surface area contributed by atoms with Crippen molar-refractivity contribution in [1.29, 1.82) is 0 Å². The van der Waals surface area contributed by atoms with Gasteiger partial charge in [0.15, 0.2) is 0 Å². The van der Waals surface area contributed by atoms with Crippen molar-refractivity contribution in [2.75, 3.05) is 19.6 Å². The Morgan fingerprint density at radius 2 is 1.78 bits per heavy atom. The monoisotopic (exact) mass is 254 g/mol. The summed E-state index contributed by atoms with van der Waals surface area (Å²) >= 11 is 0. The lowest BCUT2D eigenvalue weighted by molar-refractivity contribution is -0.136. The van der Waals surface area contributed by atoms with Crippen LogP contribution in [0.5, 0.6) is 0 Å². The molecule has 1 rings (SSSR count). The summed E-state index contributed by atoms with van der Waals surface area (Å²) in [5, 5.41) is 0. The minimum atomic E-state index is 0.201. The number of likely N-dealkylation sites (tertiary alicyclic amines) is 1. The highest BCUT2D eigenvalue weighted by Crippen LogP contribution is 2.21. The van der Waals surface area contributed by atoms with Crippen LogP contribution in [0.2, 0.25) is 0 Å². The standard InChI is InChI=1S/C15H30N2O/c1-13(2)12-14(8-7-9-16)15(18)17-10-5-3-4-6-11-17/h13-14H,3-12,16H2,1-2H3. The molecule has 0 aromatic rings. The molecule has 1 unspecified atom stereocenters. The van der Waals surface area contributed by atoms with Crippen molar-refractivity contribution in [2.24, 2.45) is 17.6 Å². The molecule has 0 bridgehead atoms. The minimum absolute atomic E-state index is 0.201. The molecule has 1 heterocycles. The van der Waals surface area contributed by atoms with Gasteiger partial charge in [0.1, 0.15) is 0 Å². The Kier molecular flexibility index (Phi) is 7.33. The van der Waals surface area contributed by atoms with Gasteiger partial charge >= 0.3 is 0 Å². The van der Waals surface area contributed by atoms with Crippen molar-refractivity contribution in [1.82, 2.24) is 4.90 Å². The highest BCUT2D eigenvalue weighted by molar-refractivity contribution is 5.78. The minimum Gasteiger partial charge on any atom is -0.342 e. The van der Waals surface area contributed by atoms with Crippen LogP contribution in [0, 0.1) is 11.8 Å². The Balaban J connectivity index is 2.54. The lowest BCUT2D eigenvalue weighted by Crippen LogP contribution is -2.37. The highest BCUT2D eigenvalue weighted by atomic mass is 16.2. The van der Waals surface area contributed by atoms with Gasteiger partial charge in [0, 0.05) is 19.0 Å². The molecule has 2 N–H and O–H groups in total. The number of rotatable bonds is 6. The van der Waals surface area contributed by atoms with Crippen LogP contribution in [0.25, 0.3) is 0 Å². The van der Waals surface area contributed by atoms with Crippen LogP contribution >= 0.6 is 0 Å². The zero-order chi connectivity index (χ0) is 13.4. The zero-order valence-corrected chi connectivity index (χ0v) is 12.2. The van der Waals surface area contributed by atoms with Crippen LogP contribution in [-0.2, 0) is 4.79 Å². The predicted octanol–water partition coefficient (Wildman–Crippen LogP) is 2.79. The molecule has 0 aliphatic carbocycles. The molecule has 0 radical (unpaired) electrons. The molecule has 3 heteroatoms. The van der Waals surface area contributed by atoms with Crippen LogP contribution in [-0.4, -0.2) is 30.4 Å². The van der Waals surface area contributed by atoms with Crippen molar-refractivity contribution in [3.05, 3.63) is 0 Å². The largest absolute Gasteiger partial charge is 0.342 e. The van der Waals surface area contributed by atoms with E-state index in [9.17, 15) is 4.79 Å². The molecular formula is C15H30N2O. The summed E-state index contributed by atoms with van der Waals surface area (Å²) in [5.74, 6) is 1.18. The molecule has 1 aliphatic heterocycles. The first kappa shape index (κ1) is 15.5. The van der Waals surface area contributed by atoms with Crippen molar-refractivity contribution >= 4 is 5.91 Å². The van der Waals surface area contributed by atoms with Crippen LogP contribution in [0.3, 0.4) is 0 Å². The van der Waals surface area contributed by atoms with Crippen molar-refractivity contribution in [3.8, 4) is 0 Å². The third kappa shape index (κ3) is 5.38. The van der Waals surface area contributed by atoms with Crippen molar-refractivity contribution in [3.63, 3.8) is 0 Å². The summed E-state index contributed by atoms with van der Waals surface area (Å²) in [6, 6.07) is 0. The van der Waals surface area contributed by atoms with Crippen LogP contribution < -0.4 is 5.73 Å². The van der Waals surface area contributed by atoms with E-state index in [-0.39, 0.29) is 5.92 Å². The third-order valence-corrected chi connectivity index (χ3v) is 3.78. The molecule has 18 heavy (non-hydrogen) atoms. The van der Waals surface area contributed by atoms with Gasteiger partial charge in [0.25, 0.3) is 0 Å². The fourth-order valence-electron chi connectivity index (χ4n) is 2.82. The number of amides is 1. The number of nitrogens with zero attached hydrogens (tertiary/aromatic N) is 1. The Morgan fingerprint density at radius 1 is 1.17 bits per heavy atom. The second-order valence-electron chi connectivity index (χ2n) is 6.00. The molecule has 0 aromatic carbocycles. The van der Waals surface area contributed by atoms with E-state index < -0.39 is 0 Å². The van der Waals surface area contributed by atoms with Gasteiger partial charge in [-0.2, -0.15) is 0 Å². The predicted molar refractivity (Wildman–Crippen MR) is 76.3 cm³/mol. The van der Waals surface area contributed by atoms with Gasteiger partial charge in [0.05, 0.1) is 0 Å².